The number of carboxylic acid groups (broad SMARTS) is 1. The molecule has 19 heavy (non-hydrogen) atoms. The van der Waals surface area contributed by atoms with Gasteiger partial charge in [0.25, 0.3) is 0 Å². The molecular formula is C14H11ClO4. The molecular weight excluding hydrogens is 268 g/mol. The van der Waals surface area contributed by atoms with E-state index in [2.05, 4.69) is 0 Å². The summed E-state index contributed by atoms with van der Waals surface area (Å²) in [5.41, 5.74) is 1.01. The van der Waals surface area contributed by atoms with E-state index >= 15 is 0 Å². The summed E-state index contributed by atoms with van der Waals surface area (Å²) < 4.78 is 5.43. The number of carbonyl (C=O) groups is 2. The van der Waals surface area contributed by atoms with Crippen LogP contribution in [0.2, 0.25) is 5.02 Å². The zero-order valence-electron chi connectivity index (χ0n) is 10.1. The minimum atomic E-state index is -0.912. The molecule has 0 aliphatic heterocycles. The largest absolute Gasteiger partial charge is 0.481 e. The summed E-state index contributed by atoms with van der Waals surface area (Å²) in [5, 5.41) is 10.00. The summed E-state index contributed by atoms with van der Waals surface area (Å²) >= 11 is 6.08. The van der Waals surface area contributed by atoms with E-state index in [0.717, 1.165) is 11.1 Å². The summed E-state index contributed by atoms with van der Waals surface area (Å²) in [6.07, 6.45) is 0.411. The molecule has 1 aliphatic rings. The second-order valence-corrected chi connectivity index (χ2v) is 5.29. The van der Waals surface area contributed by atoms with Crippen LogP contribution in [0.5, 0.6) is 0 Å². The lowest BCUT2D eigenvalue weighted by Gasteiger charge is -2.01. The van der Waals surface area contributed by atoms with Crippen molar-refractivity contribution in [2.24, 2.45) is 11.8 Å². The van der Waals surface area contributed by atoms with Gasteiger partial charge in [0.05, 0.1) is 10.9 Å². The molecule has 4 nitrogen and oxygen atoms in total. The van der Waals surface area contributed by atoms with E-state index < -0.39 is 17.8 Å². The molecule has 0 spiro atoms. The van der Waals surface area contributed by atoms with Crippen LogP contribution in [0, 0.1) is 18.8 Å². The lowest BCUT2D eigenvalue weighted by atomic mass is 10.0. The van der Waals surface area contributed by atoms with Gasteiger partial charge in [0.2, 0.25) is 0 Å². The zero-order valence-corrected chi connectivity index (χ0v) is 10.9. The first-order valence-electron chi connectivity index (χ1n) is 5.94. The number of Topliss-reactive ketones (excluding diaryl/α,β-unsaturated/α-hetero) is 1. The zero-order chi connectivity index (χ0) is 13.7. The third-order valence-electron chi connectivity index (χ3n) is 3.42. The number of benzene rings is 1. The summed E-state index contributed by atoms with van der Waals surface area (Å²) in [6, 6.07) is 5.06. The second-order valence-electron chi connectivity index (χ2n) is 4.88. The number of halogens is 1. The molecule has 0 saturated heterocycles. The highest BCUT2D eigenvalue weighted by atomic mass is 35.5. The second kappa shape index (κ2) is 4.10. The fourth-order valence-corrected chi connectivity index (χ4v) is 2.62. The average molecular weight is 279 g/mol. The molecule has 0 bridgehead atoms. The SMILES string of the molecule is Cc1cc2cc(C(=O)[C@H]3C[C@@H]3C(=O)O)cc(Cl)c2o1. The van der Waals surface area contributed by atoms with Gasteiger partial charge in [0.1, 0.15) is 5.76 Å². The Balaban J connectivity index is 1.97. The van der Waals surface area contributed by atoms with Crippen molar-refractivity contribution in [2.75, 3.05) is 0 Å². The highest BCUT2D eigenvalue weighted by Gasteiger charge is 2.48. The van der Waals surface area contributed by atoms with Gasteiger partial charge in [-0.2, -0.15) is 0 Å². The summed E-state index contributed by atoms with van der Waals surface area (Å²) in [5.74, 6) is -1.32. The lowest BCUT2D eigenvalue weighted by molar-refractivity contribution is -0.138. The Morgan fingerprint density at radius 3 is 2.68 bits per heavy atom. The van der Waals surface area contributed by atoms with E-state index in [0.29, 0.717) is 22.6 Å². The van der Waals surface area contributed by atoms with Crippen LogP contribution in [0.15, 0.2) is 22.6 Å². The Morgan fingerprint density at radius 1 is 1.32 bits per heavy atom. The van der Waals surface area contributed by atoms with Crippen LogP contribution in [0.3, 0.4) is 0 Å². The molecule has 0 amide bonds. The number of aryl methyl sites for hydroxylation is 1. The number of fused-ring (bicyclic) bond motifs is 1. The number of rotatable bonds is 3. The molecule has 1 aromatic carbocycles. The summed E-state index contributed by atoms with van der Waals surface area (Å²) in [7, 11) is 0. The summed E-state index contributed by atoms with van der Waals surface area (Å²) in [4.78, 5) is 23.0. The summed E-state index contributed by atoms with van der Waals surface area (Å²) in [6.45, 7) is 1.80. The van der Waals surface area contributed by atoms with Crippen LogP contribution in [0.25, 0.3) is 11.0 Å². The van der Waals surface area contributed by atoms with Gasteiger partial charge in [0, 0.05) is 16.9 Å². The molecule has 3 rings (SSSR count). The standard InChI is InChI=1S/C14H11ClO4/c1-6-2-8-3-7(4-11(15)13(8)19-6)12(16)9-5-10(9)14(17)18/h2-4,9-10H,5H2,1H3,(H,17,18)/t9-,10-/m0/s1. The first-order chi connectivity index (χ1) is 8.97. The molecule has 1 aromatic heterocycles. The molecule has 1 heterocycles. The molecule has 1 aliphatic carbocycles. The molecule has 1 fully saturated rings. The third kappa shape index (κ3) is 2.02. The van der Waals surface area contributed by atoms with Crippen molar-refractivity contribution in [3.8, 4) is 0 Å². The van der Waals surface area contributed by atoms with Crippen molar-refractivity contribution in [1.29, 1.82) is 0 Å². The van der Waals surface area contributed by atoms with Crippen LogP contribution < -0.4 is 0 Å². The maximum Gasteiger partial charge on any atom is 0.307 e. The Labute approximate surface area is 114 Å². The number of ketones is 1. The number of furan rings is 1. The van der Waals surface area contributed by atoms with E-state index in [4.69, 9.17) is 21.1 Å². The fourth-order valence-electron chi connectivity index (χ4n) is 2.35. The topological polar surface area (TPSA) is 67.5 Å². The number of hydrogen-bond acceptors (Lipinski definition) is 3. The normalized spacial score (nSPS) is 21.6. The van der Waals surface area contributed by atoms with E-state index in [1.807, 2.05) is 0 Å². The van der Waals surface area contributed by atoms with E-state index in [9.17, 15) is 9.59 Å². The van der Waals surface area contributed by atoms with Crippen molar-refractivity contribution in [1.82, 2.24) is 0 Å². The first kappa shape index (κ1) is 12.2. The van der Waals surface area contributed by atoms with Crippen molar-refractivity contribution in [2.45, 2.75) is 13.3 Å². The van der Waals surface area contributed by atoms with Crippen molar-refractivity contribution < 1.29 is 19.1 Å². The average Bonchev–Trinajstić information content (AvgIpc) is 3.05. The Morgan fingerprint density at radius 2 is 2.05 bits per heavy atom. The monoisotopic (exact) mass is 278 g/mol. The molecule has 98 valence electrons. The highest BCUT2D eigenvalue weighted by molar-refractivity contribution is 6.35. The van der Waals surface area contributed by atoms with E-state index in [1.54, 1.807) is 25.1 Å². The Kier molecular flexibility index (Phi) is 2.64. The van der Waals surface area contributed by atoms with Crippen molar-refractivity contribution in [3.63, 3.8) is 0 Å². The van der Waals surface area contributed by atoms with Gasteiger partial charge in [-0.25, -0.2) is 0 Å². The third-order valence-corrected chi connectivity index (χ3v) is 3.70. The highest BCUT2D eigenvalue weighted by Crippen LogP contribution is 2.42. The number of carbonyl (C=O) groups excluding carboxylic acids is 1. The van der Waals surface area contributed by atoms with Crippen LogP contribution in [0.1, 0.15) is 22.5 Å². The van der Waals surface area contributed by atoms with Gasteiger partial charge < -0.3 is 9.52 Å². The van der Waals surface area contributed by atoms with Gasteiger partial charge in [-0.15, -0.1) is 0 Å². The quantitative estimate of drug-likeness (QED) is 0.875. The van der Waals surface area contributed by atoms with Crippen LogP contribution in [-0.2, 0) is 4.79 Å². The van der Waals surface area contributed by atoms with Gasteiger partial charge >= 0.3 is 5.97 Å². The van der Waals surface area contributed by atoms with Gasteiger partial charge in [-0.05, 0) is 31.5 Å². The number of aliphatic carboxylic acids is 1. The molecule has 5 heteroatoms. The molecule has 0 unspecified atom stereocenters. The predicted molar refractivity (Wildman–Crippen MR) is 69.5 cm³/mol. The number of hydrogen-bond donors (Lipinski definition) is 1. The van der Waals surface area contributed by atoms with Gasteiger partial charge in [-0.1, -0.05) is 11.6 Å². The molecule has 2 atom stereocenters. The van der Waals surface area contributed by atoms with Crippen LogP contribution >= 0.6 is 11.6 Å². The maximum absolute atomic E-state index is 12.2. The first-order valence-corrected chi connectivity index (χ1v) is 6.32. The lowest BCUT2D eigenvalue weighted by Crippen LogP contribution is -2.08. The molecule has 2 aromatic rings. The Bertz CT molecular complexity index is 701. The van der Waals surface area contributed by atoms with Gasteiger partial charge in [-0.3, -0.25) is 9.59 Å². The fraction of sp³-hybridized carbons (Fsp3) is 0.286. The minimum Gasteiger partial charge on any atom is -0.481 e. The van der Waals surface area contributed by atoms with Gasteiger partial charge in [0.15, 0.2) is 11.4 Å². The Hall–Kier alpha value is -1.81. The maximum atomic E-state index is 12.2. The van der Waals surface area contributed by atoms with Crippen molar-refractivity contribution >= 4 is 34.3 Å². The van der Waals surface area contributed by atoms with E-state index in [-0.39, 0.29) is 5.78 Å². The predicted octanol–water partition coefficient (Wildman–Crippen LogP) is 3.30. The molecule has 0 radical (unpaired) electrons. The van der Waals surface area contributed by atoms with Crippen LogP contribution in [-0.4, -0.2) is 16.9 Å². The number of carboxylic acids is 1. The van der Waals surface area contributed by atoms with Crippen molar-refractivity contribution in [3.05, 3.63) is 34.5 Å². The minimum absolute atomic E-state index is 0.157. The molecule has 1 saturated carbocycles. The smallest absolute Gasteiger partial charge is 0.307 e. The molecule has 1 N–H and O–H groups in total. The van der Waals surface area contributed by atoms with Crippen LogP contribution in [0.4, 0.5) is 0 Å². The van der Waals surface area contributed by atoms with E-state index in [1.165, 1.54) is 0 Å².